The molecule has 0 aliphatic carbocycles. The monoisotopic (exact) mass is 493 g/mol. The van der Waals surface area contributed by atoms with E-state index < -0.39 is 5.60 Å². The fourth-order valence-electron chi connectivity index (χ4n) is 4.55. The lowest BCUT2D eigenvalue weighted by Gasteiger charge is -2.31. The van der Waals surface area contributed by atoms with E-state index in [2.05, 4.69) is 48.4 Å². The average Bonchev–Trinajstić information content (AvgIpc) is 3.34. The number of oxime groups is 1. The first-order valence-corrected chi connectivity index (χ1v) is 12.1. The highest BCUT2D eigenvalue weighted by Crippen LogP contribution is 2.41. The lowest BCUT2D eigenvalue weighted by atomic mass is 9.83. The number of hydrogen-bond donors (Lipinski definition) is 0. The van der Waals surface area contributed by atoms with Crippen molar-refractivity contribution in [2.75, 3.05) is 5.01 Å². The second kappa shape index (κ2) is 9.81. The van der Waals surface area contributed by atoms with Crippen molar-refractivity contribution >= 4 is 40.3 Å². The summed E-state index contributed by atoms with van der Waals surface area (Å²) in [6, 6.07) is 26.1. The highest BCUT2D eigenvalue weighted by atomic mass is 35.5. The third-order valence-electron chi connectivity index (χ3n) is 6.01. The molecule has 0 aromatic heterocycles. The van der Waals surface area contributed by atoms with Crippen LogP contribution in [0, 0.1) is 0 Å². The van der Waals surface area contributed by atoms with Crippen LogP contribution >= 0.6 is 23.2 Å². The van der Waals surface area contributed by atoms with Gasteiger partial charge in [-0.3, -0.25) is 5.01 Å². The van der Waals surface area contributed by atoms with E-state index >= 15 is 0 Å². The molecule has 5 rings (SSSR count). The molecule has 34 heavy (non-hydrogen) atoms. The normalized spacial score (nSPS) is 17.9. The first-order valence-electron chi connectivity index (χ1n) is 11.3. The Morgan fingerprint density at radius 2 is 1.38 bits per heavy atom. The summed E-state index contributed by atoms with van der Waals surface area (Å²) in [6.07, 6.45) is 1.76. The van der Waals surface area contributed by atoms with E-state index in [0.717, 1.165) is 41.1 Å². The van der Waals surface area contributed by atoms with Crippen LogP contribution in [0.1, 0.15) is 51.7 Å². The van der Waals surface area contributed by atoms with E-state index in [9.17, 15) is 0 Å². The van der Waals surface area contributed by atoms with Gasteiger partial charge in [0.15, 0.2) is 5.60 Å². The van der Waals surface area contributed by atoms with Crippen molar-refractivity contribution in [3.05, 3.63) is 100 Å². The molecular formula is C28H29Cl2N3O. The van der Waals surface area contributed by atoms with Gasteiger partial charge in [-0.2, -0.15) is 5.10 Å². The molecule has 2 aliphatic rings. The van der Waals surface area contributed by atoms with Crippen LogP contribution in [0.15, 0.2) is 89.1 Å². The molecule has 2 heterocycles. The smallest absolute Gasteiger partial charge is 0.193 e. The molecule has 0 saturated heterocycles. The zero-order valence-corrected chi connectivity index (χ0v) is 21.4. The lowest BCUT2D eigenvalue weighted by molar-refractivity contribution is 0.0112. The maximum atomic E-state index is 6.19. The second-order valence-electron chi connectivity index (χ2n) is 9.39. The van der Waals surface area contributed by atoms with E-state index in [1.165, 1.54) is 0 Å². The van der Waals surface area contributed by atoms with E-state index in [1.54, 1.807) is 6.07 Å². The highest BCUT2D eigenvalue weighted by molar-refractivity contribution is 6.36. The van der Waals surface area contributed by atoms with E-state index in [-0.39, 0.29) is 5.54 Å². The SMILES string of the molecule is CC1=NN(c2ccc(Cl)cc2Cl)C(C)(C)C1.CC1=NOC(c2ccccc2)(c2ccccc2)C1. The molecule has 0 radical (unpaired) electrons. The Labute approximate surface area is 211 Å². The van der Waals surface area contributed by atoms with Crippen molar-refractivity contribution in [2.24, 2.45) is 10.3 Å². The van der Waals surface area contributed by atoms with Gasteiger partial charge in [-0.25, -0.2) is 0 Å². The number of nitrogens with zero attached hydrogens (tertiary/aromatic N) is 3. The Morgan fingerprint density at radius 3 is 1.82 bits per heavy atom. The summed E-state index contributed by atoms with van der Waals surface area (Å²) in [5.41, 5.74) is 4.88. The largest absolute Gasteiger partial charge is 0.379 e. The molecular weight excluding hydrogens is 465 g/mol. The molecule has 2 aliphatic heterocycles. The van der Waals surface area contributed by atoms with Crippen molar-refractivity contribution in [1.82, 2.24) is 0 Å². The number of benzene rings is 3. The maximum Gasteiger partial charge on any atom is 0.193 e. The quantitative estimate of drug-likeness (QED) is 0.369. The van der Waals surface area contributed by atoms with Crippen molar-refractivity contribution in [3.63, 3.8) is 0 Å². The molecule has 0 unspecified atom stereocenters. The summed E-state index contributed by atoms with van der Waals surface area (Å²) in [7, 11) is 0. The van der Waals surface area contributed by atoms with Crippen LogP contribution in [-0.2, 0) is 10.4 Å². The molecule has 176 valence electrons. The number of anilines is 1. The molecule has 0 amide bonds. The Balaban J connectivity index is 0.000000162. The van der Waals surface area contributed by atoms with Crippen LogP contribution in [-0.4, -0.2) is 17.0 Å². The molecule has 0 bridgehead atoms. The molecule has 0 spiro atoms. The number of rotatable bonds is 3. The highest BCUT2D eigenvalue weighted by Gasteiger charge is 2.41. The van der Waals surface area contributed by atoms with Gasteiger partial charge in [0.25, 0.3) is 0 Å². The topological polar surface area (TPSA) is 37.2 Å². The summed E-state index contributed by atoms with van der Waals surface area (Å²) < 4.78 is 0. The molecule has 0 fully saturated rings. The van der Waals surface area contributed by atoms with Crippen molar-refractivity contribution < 1.29 is 4.84 Å². The molecule has 6 heteroatoms. The minimum absolute atomic E-state index is 0.0262. The summed E-state index contributed by atoms with van der Waals surface area (Å²) in [6.45, 7) is 8.34. The summed E-state index contributed by atoms with van der Waals surface area (Å²) >= 11 is 12.1. The first-order chi connectivity index (χ1) is 16.2. The minimum Gasteiger partial charge on any atom is -0.379 e. The summed E-state index contributed by atoms with van der Waals surface area (Å²) in [4.78, 5) is 5.81. The van der Waals surface area contributed by atoms with Crippen molar-refractivity contribution in [2.45, 2.75) is 51.7 Å². The van der Waals surface area contributed by atoms with Crippen LogP contribution in [0.2, 0.25) is 10.0 Å². The zero-order chi connectivity index (χ0) is 24.3. The molecule has 3 aromatic carbocycles. The fourth-order valence-corrected chi connectivity index (χ4v) is 5.04. The fraction of sp³-hybridized carbons (Fsp3) is 0.286. The number of halogens is 2. The Kier molecular flexibility index (Phi) is 7.01. The van der Waals surface area contributed by atoms with Gasteiger partial charge in [0.2, 0.25) is 0 Å². The average molecular weight is 494 g/mol. The number of hydrogen-bond acceptors (Lipinski definition) is 4. The predicted molar refractivity (Wildman–Crippen MR) is 143 cm³/mol. The zero-order valence-electron chi connectivity index (χ0n) is 19.9. The van der Waals surface area contributed by atoms with Crippen LogP contribution in [0.25, 0.3) is 0 Å². The summed E-state index contributed by atoms with van der Waals surface area (Å²) in [5, 5.41) is 11.9. The minimum atomic E-state index is -0.452. The van der Waals surface area contributed by atoms with Crippen LogP contribution in [0.3, 0.4) is 0 Å². The number of hydrazone groups is 1. The molecule has 0 saturated carbocycles. The Bertz CT molecular complexity index is 1170. The predicted octanol–water partition coefficient (Wildman–Crippen LogP) is 8.08. The van der Waals surface area contributed by atoms with Crippen molar-refractivity contribution in [3.8, 4) is 0 Å². The second-order valence-corrected chi connectivity index (χ2v) is 10.2. The van der Waals surface area contributed by atoms with Crippen LogP contribution in [0.4, 0.5) is 5.69 Å². The van der Waals surface area contributed by atoms with E-state index in [4.69, 9.17) is 28.0 Å². The van der Waals surface area contributed by atoms with Gasteiger partial charge in [0.1, 0.15) is 0 Å². The van der Waals surface area contributed by atoms with Crippen molar-refractivity contribution in [1.29, 1.82) is 0 Å². The summed E-state index contributed by atoms with van der Waals surface area (Å²) in [5.74, 6) is 0. The van der Waals surface area contributed by atoms with Crippen LogP contribution < -0.4 is 5.01 Å². The van der Waals surface area contributed by atoms with E-state index in [1.807, 2.05) is 67.4 Å². The van der Waals surface area contributed by atoms with Gasteiger partial charge in [0, 0.05) is 34.7 Å². The van der Waals surface area contributed by atoms with Gasteiger partial charge in [-0.05, 0) is 45.9 Å². The molecule has 3 aromatic rings. The van der Waals surface area contributed by atoms with Gasteiger partial charge in [0.05, 0.1) is 22.0 Å². The third kappa shape index (κ3) is 4.98. The Hall–Kier alpha value is -2.82. The van der Waals surface area contributed by atoms with Gasteiger partial charge < -0.3 is 4.84 Å². The lowest BCUT2D eigenvalue weighted by Crippen LogP contribution is -2.36. The molecule has 4 nitrogen and oxygen atoms in total. The molecule has 0 atom stereocenters. The standard InChI is InChI=1S/C16H15NO.C12H14Cl2N2/c1-13-12-16(18-17-13,14-8-4-2-5-9-14)15-10-6-3-7-11-15;1-8-7-12(2,3)16(15-8)11-5-4-9(13)6-10(11)14/h2-11H,12H2,1H3;4-6H,7H2,1-3H3. The maximum absolute atomic E-state index is 6.19. The Morgan fingerprint density at radius 1 is 0.794 bits per heavy atom. The van der Waals surface area contributed by atoms with Gasteiger partial charge >= 0.3 is 0 Å². The molecule has 0 N–H and O–H groups in total. The van der Waals surface area contributed by atoms with E-state index in [0.29, 0.717) is 10.0 Å². The third-order valence-corrected chi connectivity index (χ3v) is 6.55. The van der Waals surface area contributed by atoms with Crippen LogP contribution in [0.5, 0.6) is 0 Å². The first kappa shape index (κ1) is 24.3. The van der Waals surface area contributed by atoms with Gasteiger partial charge in [-0.1, -0.05) is 89.0 Å². The van der Waals surface area contributed by atoms with Gasteiger partial charge in [-0.15, -0.1) is 0 Å².